The Morgan fingerprint density at radius 2 is 1.80 bits per heavy atom. The lowest BCUT2D eigenvalue weighted by atomic mass is 10.1. The molecule has 2 N–H and O–H groups in total. The number of halogens is 1. The van der Waals surface area contributed by atoms with Crippen LogP contribution in [0.5, 0.6) is 0 Å². The second-order valence-electron chi connectivity index (χ2n) is 5.40. The molecule has 2 rings (SSSR count). The van der Waals surface area contributed by atoms with Crippen molar-refractivity contribution in [2.75, 3.05) is 6.54 Å². The van der Waals surface area contributed by atoms with E-state index in [2.05, 4.69) is 34.7 Å². The molecule has 25 heavy (non-hydrogen) atoms. The first-order valence-corrected chi connectivity index (χ1v) is 7.93. The molecule has 0 radical (unpaired) electrons. The first-order chi connectivity index (χ1) is 11.6. The number of nitrogens with one attached hydrogen (secondary N) is 2. The molecule has 0 bridgehead atoms. The predicted molar refractivity (Wildman–Crippen MR) is 111 cm³/mol. The lowest BCUT2D eigenvalue weighted by molar-refractivity contribution is -0.384. The number of rotatable bonds is 6. The van der Waals surface area contributed by atoms with E-state index in [1.54, 1.807) is 12.1 Å². The van der Waals surface area contributed by atoms with E-state index >= 15 is 0 Å². The molecule has 0 heterocycles. The van der Waals surface area contributed by atoms with E-state index in [-0.39, 0.29) is 35.7 Å². The van der Waals surface area contributed by atoms with E-state index < -0.39 is 4.92 Å². The molecule has 134 valence electrons. The van der Waals surface area contributed by atoms with Gasteiger partial charge in [-0.05, 0) is 25.0 Å². The van der Waals surface area contributed by atoms with Gasteiger partial charge >= 0.3 is 0 Å². The van der Waals surface area contributed by atoms with Gasteiger partial charge in [-0.15, -0.1) is 24.0 Å². The first kappa shape index (κ1) is 20.9. The number of aliphatic imine (C=N–C) groups is 1. The van der Waals surface area contributed by atoms with Crippen LogP contribution in [0, 0.1) is 10.1 Å². The van der Waals surface area contributed by atoms with Gasteiger partial charge in [-0.1, -0.05) is 42.5 Å². The maximum Gasteiger partial charge on any atom is 0.269 e. The van der Waals surface area contributed by atoms with Gasteiger partial charge in [0.05, 0.1) is 17.5 Å². The van der Waals surface area contributed by atoms with Crippen LogP contribution in [0.2, 0.25) is 0 Å². The summed E-state index contributed by atoms with van der Waals surface area (Å²) >= 11 is 0. The summed E-state index contributed by atoms with van der Waals surface area (Å²) in [5, 5.41) is 17.3. The van der Waals surface area contributed by atoms with Crippen molar-refractivity contribution in [2.24, 2.45) is 4.99 Å². The molecule has 0 saturated heterocycles. The minimum absolute atomic E-state index is 0. The van der Waals surface area contributed by atoms with Crippen molar-refractivity contribution >= 4 is 35.6 Å². The molecular formula is C18H23IN4O2. The van der Waals surface area contributed by atoms with E-state index in [4.69, 9.17) is 0 Å². The molecule has 0 saturated carbocycles. The van der Waals surface area contributed by atoms with E-state index in [9.17, 15) is 10.1 Å². The summed E-state index contributed by atoms with van der Waals surface area (Å²) in [6, 6.07) is 16.7. The lowest BCUT2D eigenvalue weighted by Gasteiger charge is -2.18. The molecule has 6 nitrogen and oxygen atoms in total. The third-order valence-electron chi connectivity index (χ3n) is 3.56. The zero-order valence-corrected chi connectivity index (χ0v) is 16.6. The monoisotopic (exact) mass is 454 g/mol. The van der Waals surface area contributed by atoms with Crippen LogP contribution in [-0.4, -0.2) is 17.4 Å². The highest BCUT2D eigenvalue weighted by Crippen LogP contribution is 2.13. The van der Waals surface area contributed by atoms with Gasteiger partial charge in [0.25, 0.3) is 5.69 Å². The molecular weight excluding hydrogens is 431 g/mol. The van der Waals surface area contributed by atoms with Crippen LogP contribution in [0.4, 0.5) is 5.69 Å². The number of nitrogens with zero attached hydrogens (tertiary/aromatic N) is 2. The van der Waals surface area contributed by atoms with Gasteiger partial charge in [0.1, 0.15) is 0 Å². The average Bonchev–Trinajstić information content (AvgIpc) is 2.61. The molecule has 2 aromatic carbocycles. The zero-order chi connectivity index (χ0) is 17.4. The summed E-state index contributed by atoms with van der Waals surface area (Å²) in [7, 11) is 0. The third kappa shape index (κ3) is 6.69. The second kappa shape index (κ2) is 10.7. The van der Waals surface area contributed by atoms with Gasteiger partial charge in [-0.25, -0.2) is 4.99 Å². The van der Waals surface area contributed by atoms with Crippen molar-refractivity contribution < 1.29 is 4.92 Å². The molecule has 0 fully saturated rings. The van der Waals surface area contributed by atoms with Crippen LogP contribution in [0.15, 0.2) is 59.6 Å². The molecule has 0 aromatic heterocycles. The van der Waals surface area contributed by atoms with E-state index in [1.807, 2.05) is 25.1 Å². The standard InChI is InChI=1S/C18H22N4O2.HI/c1-3-19-18(21-14(2)16-7-5-4-6-8-16)20-13-15-9-11-17(12-10-15)22(23)24;/h4-12,14H,3,13H2,1-2H3,(H2,19,20,21);1H. The molecule has 2 aromatic rings. The predicted octanol–water partition coefficient (Wildman–Crippen LogP) is 4.03. The third-order valence-corrected chi connectivity index (χ3v) is 3.56. The fourth-order valence-electron chi connectivity index (χ4n) is 2.24. The zero-order valence-electron chi connectivity index (χ0n) is 14.3. The molecule has 1 atom stereocenters. The van der Waals surface area contributed by atoms with Crippen molar-refractivity contribution in [3.63, 3.8) is 0 Å². The highest BCUT2D eigenvalue weighted by atomic mass is 127. The number of nitro benzene ring substituents is 1. The highest BCUT2D eigenvalue weighted by Gasteiger charge is 2.07. The van der Waals surface area contributed by atoms with Crippen molar-refractivity contribution in [1.29, 1.82) is 0 Å². The molecule has 0 aliphatic rings. The summed E-state index contributed by atoms with van der Waals surface area (Å²) < 4.78 is 0. The summed E-state index contributed by atoms with van der Waals surface area (Å²) in [4.78, 5) is 14.8. The Morgan fingerprint density at radius 1 is 1.16 bits per heavy atom. The number of benzene rings is 2. The Kier molecular flexibility index (Phi) is 8.90. The smallest absolute Gasteiger partial charge is 0.269 e. The van der Waals surface area contributed by atoms with E-state index in [1.165, 1.54) is 17.7 Å². The van der Waals surface area contributed by atoms with Gasteiger partial charge in [-0.3, -0.25) is 10.1 Å². The molecule has 0 spiro atoms. The maximum atomic E-state index is 10.7. The maximum absolute atomic E-state index is 10.7. The van der Waals surface area contributed by atoms with E-state index in [0.29, 0.717) is 12.5 Å². The Balaban J connectivity index is 0.00000312. The van der Waals surface area contributed by atoms with Crippen molar-refractivity contribution in [1.82, 2.24) is 10.6 Å². The molecule has 7 heteroatoms. The Hall–Kier alpha value is -2.16. The minimum Gasteiger partial charge on any atom is -0.357 e. The molecule has 0 amide bonds. The van der Waals surface area contributed by atoms with Crippen LogP contribution >= 0.6 is 24.0 Å². The fraction of sp³-hybridized carbons (Fsp3) is 0.278. The van der Waals surface area contributed by atoms with Crippen molar-refractivity contribution in [3.8, 4) is 0 Å². The molecule has 1 unspecified atom stereocenters. The highest BCUT2D eigenvalue weighted by molar-refractivity contribution is 14.0. The average molecular weight is 454 g/mol. The van der Waals surface area contributed by atoms with Crippen LogP contribution in [0.1, 0.15) is 31.0 Å². The number of guanidine groups is 1. The number of hydrogen-bond acceptors (Lipinski definition) is 3. The van der Waals surface area contributed by atoms with Crippen molar-refractivity contribution in [3.05, 3.63) is 75.8 Å². The Bertz CT molecular complexity index is 690. The minimum atomic E-state index is -0.403. The Morgan fingerprint density at radius 3 is 2.36 bits per heavy atom. The number of hydrogen-bond donors (Lipinski definition) is 2. The topological polar surface area (TPSA) is 79.6 Å². The van der Waals surface area contributed by atoms with Crippen LogP contribution in [0.25, 0.3) is 0 Å². The fourth-order valence-corrected chi connectivity index (χ4v) is 2.24. The van der Waals surface area contributed by atoms with Gasteiger partial charge in [0, 0.05) is 18.7 Å². The molecule has 0 aliphatic heterocycles. The SMILES string of the molecule is CCNC(=NCc1ccc([N+](=O)[O-])cc1)NC(C)c1ccccc1.I. The quantitative estimate of drug-likeness (QED) is 0.227. The number of nitro groups is 1. The van der Waals surface area contributed by atoms with Crippen LogP contribution in [-0.2, 0) is 6.54 Å². The van der Waals surface area contributed by atoms with Gasteiger partial charge < -0.3 is 10.6 Å². The normalized spacial score (nSPS) is 12.0. The van der Waals surface area contributed by atoms with Crippen molar-refractivity contribution in [2.45, 2.75) is 26.4 Å². The van der Waals surface area contributed by atoms with Gasteiger partial charge in [-0.2, -0.15) is 0 Å². The van der Waals surface area contributed by atoms with Crippen LogP contribution < -0.4 is 10.6 Å². The van der Waals surface area contributed by atoms with Gasteiger partial charge in [0.2, 0.25) is 0 Å². The lowest BCUT2D eigenvalue weighted by Crippen LogP contribution is -2.38. The summed E-state index contributed by atoms with van der Waals surface area (Å²) in [6.45, 7) is 5.30. The van der Waals surface area contributed by atoms with Gasteiger partial charge in [0.15, 0.2) is 5.96 Å². The largest absolute Gasteiger partial charge is 0.357 e. The Labute approximate surface area is 164 Å². The van der Waals surface area contributed by atoms with Crippen LogP contribution in [0.3, 0.4) is 0 Å². The molecule has 0 aliphatic carbocycles. The number of non-ortho nitro benzene ring substituents is 1. The summed E-state index contributed by atoms with van der Waals surface area (Å²) in [5.74, 6) is 0.715. The summed E-state index contributed by atoms with van der Waals surface area (Å²) in [6.07, 6.45) is 0. The first-order valence-electron chi connectivity index (χ1n) is 7.93. The second-order valence-corrected chi connectivity index (χ2v) is 5.40. The summed E-state index contributed by atoms with van der Waals surface area (Å²) in [5.41, 5.74) is 2.19. The van der Waals surface area contributed by atoms with E-state index in [0.717, 1.165) is 12.1 Å².